The van der Waals surface area contributed by atoms with E-state index < -0.39 is 6.04 Å². The molecule has 0 saturated heterocycles. The van der Waals surface area contributed by atoms with Gasteiger partial charge in [-0.25, -0.2) is 4.98 Å². The fourth-order valence-corrected chi connectivity index (χ4v) is 3.28. The van der Waals surface area contributed by atoms with Gasteiger partial charge in [0, 0.05) is 20.5 Å². The van der Waals surface area contributed by atoms with Crippen LogP contribution in [0.2, 0.25) is 0 Å². The van der Waals surface area contributed by atoms with Crippen molar-refractivity contribution in [2.75, 3.05) is 24.3 Å². The highest BCUT2D eigenvalue weighted by molar-refractivity contribution is 7.12. The Kier molecular flexibility index (Phi) is 6.39. The minimum Gasteiger partial charge on any atom is -0.363 e. The molecule has 0 radical (unpaired) electrons. The quantitative estimate of drug-likeness (QED) is 0.645. The third-order valence-electron chi connectivity index (χ3n) is 4.12. The Balaban J connectivity index is 1.74. The lowest BCUT2D eigenvalue weighted by Crippen LogP contribution is -2.45. The molecule has 28 heavy (non-hydrogen) atoms. The van der Waals surface area contributed by atoms with Gasteiger partial charge in [-0.05, 0) is 29.1 Å². The zero-order valence-electron chi connectivity index (χ0n) is 15.8. The van der Waals surface area contributed by atoms with Crippen molar-refractivity contribution >= 4 is 34.7 Å². The number of pyridine rings is 1. The molecule has 0 aliphatic carbocycles. The summed E-state index contributed by atoms with van der Waals surface area (Å²) in [6.45, 7) is 0. The van der Waals surface area contributed by atoms with E-state index in [9.17, 15) is 9.59 Å². The molecule has 0 spiro atoms. The molecular formula is C21H22N4O2S. The molecule has 6 nitrogen and oxygen atoms in total. The zero-order valence-corrected chi connectivity index (χ0v) is 16.6. The molecule has 0 bridgehead atoms. The second-order valence-corrected chi connectivity index (χ2v) is 7.43. The Morgan fingerprint density at radius 2 is 1.86 bits per heavy atom. The molecule has 2 aromatic heterocycles. The largest absolute Gasteiger partial charge is 0.363 e. The van der Waals surface area contributed by atoms with E-state index in [2.05, 4.69) is 15.6 Å². The number of carbonyl (C=O) groups excluding carboxylic acids is 2. The van der Waals surface area contributed by atoms with Gasteiger partial charge in [0.05, 0.1) is 16.8 Å². The van der Waals surface area contributed by atoms with Gasteiger partial charge in [-0.1, -0.05) is 36.4 Å². The molecule has 2 heterocycles. The van der Waals surface area contributed by atoms with Crippen LogP contribution in [0.4, 0.5) is 11.5 Å². The van der Waals surface area contributed by atoms with Crippen molar-refractivity contribution < 1.29 is 9.59 Å². The predicted octanol–water partition coefficient (Wildman–Crippen LogP) is 3.19. The van der Waals surface area contributed by atoms with Gasteiger partial charge in [-0.2, -0.15) is 0 Å². The maximum atomic E-state index is 12.9. The topological polar surface area (TPSA) is 74.3 Å². The van der Waals surface area contributed by atoms with E-state index in [0.29, 0.717) is 17.0 Å². The molecule has 3 rings (SSSR count). The van der Waals surface area contributed by atoms with Crippen LogP contribution in [0.3, 0.4) is 0 Å². The molecule has 0 aliphatic heterocycles. The third kappa shape index (κ3) is 5.17. The SMILES string of the molecule is CN(C)c1ccc(NC(=O)[C@H](Cc2ccccc2)NC(=O)c2cccs2)cn1. The number of amides is 2. The van der Waals surface area contributed by atoms with Gasteiger partial charge in [0.15, 0.2) is 0 Å². The number of carbonyl (C=O) groups is 2. The molecule has 0 fully saturated rings. The summed E-state index contributed by atoms with van der Waals surface area (Å²) in [6.07, 6.45) is 2.00. The predicted molar refractivity (Wildman–Crippen MR) is 113 cm³/mol. The first-order chi connectivity index (χ1) is 13.5. The highest BCUT2D eigenvalue weighted by Gasteiger charge is 2.22. The molecule has 2 N–H and O–H groups in total. The number of nitrogens with one attached hydrogen (secondary N) is 2. The van der Waals surface area contributed by atoms with E-state index in [4.69, 9.17) is 0 Å². The van der Waals surface area contributed by atoms with Gasteiger partial charge < -0.3 is 15.5 Å². The van der Waals surface area contributed by atoms with E-state index in [0.717, 1.165) is 11.4 Å². The Morgan fingerprint density at radius 1 is 1.07 bits per heavy atom. The summed E-state index contributed by atoms with van der Waals surface area (Å²) < 4.78 is 0. The van der Waals surface area contributed by atoms with Crippen LogP contribution in [-0.2, 0) is 11.2 Å². The third-order valence-corrected chi connectivity index (χ3v) is 4.99. The molecule has 144 valence electrons. The number of hydrogen-bond acceptors (Lipinski definition) is 5. The Morgan fingerprint density at radius 3 is 2.46 bits per heavy atom. The highest BCUT2D eigenvalue weighted by atomic mass is 32.1. The van der Waals surface area contributed by atoms with Gasteiger partial charge in [-0.15, -0.1) is 11.3 Å². The van der Waals surface area contributed by atoms with Gasteiger partial charge in [0.25, 0.3) is 5.91 Å². The number of hydrogen-bond donors (Lipinski definition) is 2. The fourth-order valence-electron chi connectivity index (χ4n) is 2.65. The van der Waals surface area contributed by atoms with E-state index in [1.165, 1.54) is 11.3 Å². The number of thiophene rings is 1. The van der Waals surface area contributed by atoms with Crippen LogP contribution >= 0.6 is 11.3 Å². The van der Waals surface area contributed by atoms with Gasteiger partial charge in [0.2, 0.25) is 5.91 Å². The van der Waals surface area contributed by atoms with Crippen molar-refractivity contribution in [1.29, 1.82) is 0 Å². The molecule has 1 atom stereocenters. The second-order valence-electron chi connectivity index (χ2n) is 6.48. The minimum absolute atomic E-state index is 0.257. The van der Waals surface area contributed by atoms with Crippen molar-refractivity contribution in [3.63, 3.8) is 0 Å². The normalized spacial score (nSPS) is 11.5. The maximum Gasteiger partial charge on any atom is 0.262 e. The van der Waals surface area contributed by atoms with Crippen LogP contribution in [0.15, 0.2) is 66.2 Å². The van der Waals surface area contributed by atoms with E-state index in [1.807, 2.05) is 66.8 Å². The van der Waals surface area contributed by atoms with Crippen molar-refractivity contribution in [2.24, 2.45) is 0 Å². The molecular weight excluding hydrogens is 372 g/mol. The van der Waals surface area contributed by atoms with Crippen molar-refractivity contribution in [3.8, 4) is 0 Å². The van der Waals surface area contributed by atoms with E-state index in [-0.39, 0.29) is 11.8 Å². The van der Waals surface area contributed by atoms with Crippen LogP contribution in [0.1, 0.15) is 15.2 Å². The van der Waals surface area contributed by atoms with E-state index >= 15 is 0 Å². The van der Waals surface area contributed by atoms with Crippen molar-refractivity contribution in [3.05, 3.63) is 76.6 Å². The Labute approximate surface area is 168 Å². The first-order valence-electron chi connectivity index (χ1n) is 8.85. The summed E-state index contributed by atoms with van der Waals surface area (Å²) >= 11 is 1.34. The number of nitrogens with zero attached hydrogens (tertiary/aromatic N) is 2. The molecule has 1 aromatic carbocycles. The summed E-state index contributed by atoms with van der Waals surface area (Å²) in [6, 6.07) is 16.1. The smallest absolute Gasteiger partial charge is 0.262 e. The van der Waals surface area contributed by atoms with Gasteiger partial charge in [-0.3, -0.25) is 9.59 Å². The lowest BCUT2D eigenvalue weighted by Gasteiger charge is -2.19. The summed E-state index contributed by atoms with van der Waals surface area (Å²) in [5.41, 5.74) is 1.55. The molecule has 0 unspecified atom stereocenters. The first kappa shape index (κ1) is 19.6. The highest BCUT2D eigenvalue weighted by Crippen LogP contribution is 2.14. The summed E-state index contributed by atoms with van der Waals surface area (Å²) in [5.74, 6) is 0.255. The average molecular weight is 395 g/mol. The molecule has 7 heteroatoms. The maximum absolute atomic E-state index is 12.9. The van der Waals surface area contributed by atoms with Gasteiger partial charge >= 0.3 is 0 Å². The standard InChI is InChI=1S/C21H22N4O2S/c1-25(2)19-11-10-16(14-22-19)23-20(26)17(13-15-7-4-3-5-8-15)24-21(27)18-9-6-12-28-18/h3-12,14,17H,13H2,1-2H3,(H,23,26)(H,24,27)/t17-/m0/s1. The lowest BCUT2D eigenvalue weighted by atomic mass is 10.0. The van der Waals surface area contributed by atoms with Crippen LogP contribution in [0, 0.1) is 0 Å². The molecule has 3 aromatic rings. The van der Waals surface area contributed by atoms with Crippen LogP contribution in [0.25, 0.3) is 0 Å². The Hall–Kier alpha value is -3.19. The van der Waals surface area contributed by atoms with Gasteiger partial charge in [0.1, 0.15) is 11.9 Å². The zero-order chi connectivity index (χ0) is 19.9. The average Bonchev–Trinajstić information content (AvgIpc) is 3.23. The Bertz CT molecular complexity index is 909. The van der Waals surface area contributed by atoms with Crippen LogP contribution in [-0.4, -0.2) is 36.9 Å². The minimum atomic E-state index is -0.703. The number of benzene rings is 1. The van der Waals surface area contributed by atoms with Crippen LogP contribution in [0.5, 0.6) is 0 Å². The first-order valence-corrected chi connectivity index (χ1v) is 9.73. The number of aromatic nitrogens is 1. The summed E-state index contributed by atoms with van der Waals surface area (Å²) in [5, 5.41) is 7.53. The molecule has 2 amide bonds. The lowest BCUT2D eigenvalue weighted by molar-refractivity contribution is -0.118. The van der Waals surface area contributed by atoms with Crippen LogP contribution < -0.4 is 15.5 Å². The second kappa shape index (κ2) is 9.14. The monoisotopic (exact) mass is 394 g/mol. The molecule has 0 aliphatic rings. The van der Waals surface area contributed by atoms with Crippen molar-refractivity contribution in [2.45, 2.75) is 12.5 Å². The van der Waals surface area contributed by atoms with E-state index in [1.54, 1.807) is 18.3 Å². The summed E-state index contributed by atoms with van der Waals surface area (Å²) in [7, 11) is 3.80. The fraction of sp³-hybridized carbons (Fsp3) is 0.190. The molecule has 0 saturated carbocycles. The number of rotatable bonds is 7. The summed E-state index contributed by atoms with van der Waals surface area (Å²) in [4.78, 5) is 32.1. The van der Waals surface area contributed by atoms with Crippen molar-refractivity contribution in [1.82, 2.24) is 10.3 Å². The number of anilines is 2.